The van der Waals surface area contributed by atoms with E-state index in [0.717, 1.165) is 6.07 Å². The van der Waals surface area contributed by atoms with Crippen LogP contribution in [-0.2, 0) is 14.8 Å². The van der Waals surface area contributed by atoms with Gasteiger partial charge in [0.25, 0.3) is 10.0 Å². The predicted octanol–water partition coefficient (Wildman–Crippen LogP) is 4.51. The number of carbonyl (C=O) groups excluding carboxylic acids is 2. The van der Waals surface area contributed by atoms with E-state index in [1.54, 1.807) is 23.1 Å². The summed E-state index contributed by atoms with van der Waals surface area (Å²) >= 11 is 0. The fourth-order valence-electron chi connectivity index (χ4n) is 3.80. The zero-order chi connectivity index (χ0) is 24.8. The molecule has 1 heterocycles. The first-order valence-corrected chi connectivity index (χ1v) is 12.6. The van der Waals surface area contributed by atoms with Crippen molar-refractivity contribution < 1.29 is 22.4 Å². The minimum Gasteiger partial charge on any atom is -0.326 e. The van der Waals surface area contributed by atoms with Crippen LogP contribution in [0.1, 0.15) is 12.8 Å². The molecule has 0 radical (unpaired) electrons. The van der Waals surface area contributed by atoms with Gasteiger partial charge in [-0.2, -0.15) is 0 Å². The number of likely N-dealkylation sites (tertiary alicyclic amines) is 1. The Morgan fingerprint density at radius 1 is 0.829 bits per heavy atom. The van der Waals surface area contributed by atoms with Crippen LogP contribution in [0.2, 0.25) is 0 Å². The molecule has 1 aliphatic heterocycles. The van der Waals surface area contributed by atoms with Crippen molar-refractivity contribution in [2.75, 3.05) is 28.4 Å². The number of rotatable bonds is 6. The lowest BCUT2D eigenvalue weighted by atomic mass is 9.96. The Morgan fingerprint density at radius 2 is 1.49 bits per heavy atom. The summed E-state index contributed by atoms with van der Waals surface area (Å²) in [5.74, 6) is -1.25. The van der Waals surface area contributed by atoms with Gasteiger partial charge in [0.15, 0.2) is 0 Å². The number of sulfonamides is 1. The Bertz CT molecular complexity index is 1310. The number of halogens is 1. The number of urea groups is 1. The van der Waals surface area contributed by atoms with Crippen molar-refractivity contribution in [3.8, 4) is 0 Å². The van der Waals surface area contributed by atoms with Crippen molar-refractivity contribution in [2.24, 2.45) is 5.92 Å². The SMILES string of the molecule is O=C(Nc1cccc(S(=O)(=O)Nc2ccccc2F)c1)C1CCN(C(=O)Nc2ccccc2)CC1. The summed E-state index contributed by atoms with van der Waals surface area (Å²) < 4.78 is 41.5. The third-order valence-electron chi connectivity index (χ3n) is 5.71. The van der Waals surface area contributed by atoms with Crippen LogP contribution in [0.5, 0.6) is 0 Å². The van der Waals surface area contributed by atoms with Crippen LogP contribution in [0, 0.1) is 11.7 Å². The average Bonchev–Trinajstić information content (AvgIpc) is 2.86. The topological polar surface area (TPSA) is 108 Å². The molecular weight excluding hydrogens is 471 g/mol. The number of para-hydroxylation sites is 2. The first-order chi connectivity index (χ1) is 16.8. The fourth-order valence-corrected chi connectivity index (χ4v) is 4.91. The molecule has 0 aromatic heterocycles. The van der Waals surface area contributed by atoms with Crippen LogP contribution in [0.3, 0.4) is 0 Å². The third-order valence-corrected chi connectivity index (χ3v) is 7.07. The molecule has 3 aromatic rings. The van der Waals surface area contributed by atoms with E-state index in [-0.39, 0.29) is 28.4 Å². The molecule has 3 N–H and O–H groups in total. The van der Waals surface area contributed by atoms with E-state index in [4.69, 9.17) is 0 Å². The van der Waals surface area contributed by atoms with Crippen molar-refractivity contribution in [1.82, 2.24) is 4.90 Å². The summed E-state index contributed by atoms with van der Waals surface area (Å²) in [6.45, 7) is 0.857. The molecule has 10 heteroatoms. The maximum absolute atomic E-state index is 13.9. The number of nitrogens with zero attached hydrogens (tertiary/aromatic N) is 1. The van der Waals surface area contributed by atoms with E-state index in [1.165, 1.54) is 36.4 Å². The summed E-state index contributed by atoms with van der Waals surface area (Å²) in [5, 5.41) is 5.60. The summed E-state index contributed by atoms with van der Waals surface area (Å²) in [5.41, 5.74) is 0.859. The first-order valence-electron chi connectivity index (χ1n) is 11.1. The van der Waals surface area contributed by atoms with Gasteiger partial charge in [0, 0.05) is 30.4 Å². The number of anilines is 3. The van der Waals surface area contributed by atoms with E-state index in [2.05, 4.69) is 15.4 Å². The highest BCUT2D eigenvalue weighted by atomic mass is 32.2. The smallest absolute Gasteiger partial charge is 0.321 e. The van der Waals surface area contributed by atoms with E-state index in [0.29, 0.717) is 37.3 Å². The third kappa shape index (κ3) is 6.15. The molecule has 4 rings (SSSR count). The zero-order valence-corrected chi connectivity index (χ0v) is 19.6. The highest BCUT2D eigenvalue weighted by Crippen LogP contribution is 2.23. The average molecular weight is 497 g/mol. The highest BCUT2D eigenvalue weighted by molar-refractivity contribution is 7.92. The molecule has 1 fully saturated rings. The largest absolute Gasteiger partial charge is 0.326 e. The fraction of sp³-hybridized carbons (Fsp3) is 0.200. The molecule has 0 aliphatic carbocycles. The molecule has 1 aliphatic rings. The maximum atomic E-state index is 13.9. The first kappa shape index (κ1) is 24.2. The van der Waals surface area contributed by atoms with Crippen LogP contribution >= 0.6 is 0 Å². The quantitative estimate of drug-likeness (QED) is 0.467. The Balaban J connectivity index is 1.34. The lowest BCUT2D eigenvalue weighted by Gasteiger charge is -2.31. The second-order valence-electron chi connectivity index (χ2n) is 8.16. The predicted molar refractivity (Wildman–Crippen MR) is 132 cm³/mol. The molecule has 8 nitrogen and oxygen atoms in total. The van der Waals surface area contributed by atoms with Gasteiger partial charge in [0.2, 0.25) is 5.91 Å². The van der Waals surface area contributed by atoms with Crippen molar-refractivity contribution in [2.45, 2.75) is 17.7 Å². The Hall–Kier alpha value is -3.92. The summed E-state index contributed by atoms with van der Waals surface area (Å²) in [6, 6.07) is 20.2. The Kier molecular flexibility index (Phi) is 7.31. The zero-order valence-electron chi connectivity index (χ0n) is 18.8. The van der Waals surface area contributed by atoms with Gasteiger partial charge in [-0.3, -0.25) is 9.52 Å². The van der Waals surface area contributed by atoms with Crippen LogP contribution in [0.15, 0.2) is 83.8 Å². The second kappa shape index (κ2) is 10.6. The standard InChI is InChI=1S/C25H25FN4O4S/c26-22-11-4-5-12-23(22)29-35(33,34)21-10-6-9-20(17-21)27-24(31)18-13-15-30(16-14-18)25(32)28-19-7-2-1-3-8-19/h1-12,17-18,29H,13-16H2,(H,27,31)(H,28,32). The summed E-state index contributed by atoms with van der Waals surface area (Å²) in [7, 11) is -4.05. The van der Waals surface area contributed by atoms with E-state index in [1.807, 2.05) is 18.2 Å². The Morgan fingerprint density at radius 3 is 2.20 bits per heavy atom. The van der Waals surface area contributed by atoms with Gasteiger partial charge in [-0.1, -0.05) is 36.4 Å². The van der Waals surface area contributed by atoms with Gasteiger partial charge in [0.1, 0.15) is 5.82 Å². The van der Waals surface area contributed by atoms with E-state index >= 15 is 0 Å². The van der Waals surface area contributed by atoms with Gasteiger partial charge in [-0.05, 0) is 55.3 Å². The number of amides is 3. The normalized spacial score (nSPS) is 14.3. The molecule has 0 spiro atoms. The molecule has 3 amide bonds. The van der Waals surface area contributed by atoms with Crippen LogP contribution in [0.25, 0.3) is 0 Å². The second-order valence-corrected chi connectivity index (χ2v) is 9.84. The number of hydrogen-bond acceptors (Lipinski definition) is 4. The van der Waals surface area contributed by atoms with Crippen LogP contribution in [-0.4, -0.2) is 38.3 Å². The maximum Gasteiger partial charge on any atom is 0.321 e. The van der Waals surface area contributed by atoms with E-state index < -0.39 is 15.8 Å². The molecule has 0 atom stereocenters. The highest BCUT2D eigenvalue weighted by Gasteiger charge is 2.28. The van der Waals surface area contributed by atoms with Crippen LogP contribution < -0.4 is 15.4 Å². The lowest BCUT2D eigenvalue weighted by molar-refractivity contribution is -0.121. The molecule has 1 saturated heterocycles. The van der Waals surface area contributed by atoms with Crippen LogP contribution in [0.4, 0.5) is 26.2 Å². The number of carbonyl (C=O) groups is 2. The molecule has 35 heavy (non-hydrogen) atoms. The molecule has 0 saturated carbocycles. The van der Waals surface area contributed by atoms with Gasteiger partial charge in [-0.15, -0.1) is 0 Å². The van der Waals surface area contributed by atoms with Gasteiger partial charge < -0.3 is 15.5 Å². The van der Waals surface area contributed by atoms with Crippen molar-refractivity contribution >= 4 is 39.0 Å². The Labute approximate surface area is 203 Å². The number of benzene rings is 3. The van der Waals surface area contributed by atoms with Gasteiger partial charge in [-0.25, -0.2) is 17.6 Å². The number of nitrogens with one attached hydrogen (secondary N) is 3. The minimum absolute atomic E-state index is 0.106. The van der Waals surface area contributed by atoms with Crippen molar-refractivity contribution in [1.29, 1.82) is 0 Å². The minimum atomic E-state index is -4.05. The summed E-state index contributed by atoms with van der Waals surface area (Å²) in [6.07, 6.45) is 0.974. The number of hydrogen-bond donors (Lipinski definition) is 3. The molecular formula is C25H25FN4O4S. The monoisotopic (exact) mass is 496 g/mol. The lowest BCUT2D eigenvalue weighted by Crippen LogP contribution is -2.43. The molecule has 0 bridgehead atoms. The van der Waals surface area contributed by atoms with E-state index in [9.17, 15) is 22.4 Å². The van der Waals surface area contributed by atoms with Crippen molar-refractivity contribution in [3.05, 3.63) is 84.7 Å². The van der Waals surface area contributed by atoms with Crippen molar-refractivity contribution in [3.63, 3.8) is 0 Å². The van der Waals surface area contributed by atoms with Gasteiger partial charge >= 0.3 is 6.03 Å². The van der Waals surface area contributed by atoms with Gasteiger partial charge in [0.05, 0.1) is 10.6 Å². The molecule has 182 valence electrons. The molecule has 0 unspecified atom stereocenters. The number of piperidine rings is 1. The molecule has 3 aromatic carbocycles. The summed E-state index contributed by atoms with van der Waals surface area (Å²) in [4.78, 5) is 26.8.